The molecule has 2 nitrogen and oxygen atoms in total. The van der Waals surface area contributed by atoms with Crippen molar-refractivity contribution in [2.24, 2.45) is 5.92 Å². The summed E-state index contributed by atoms with van der Waals surface area (Å²) >= 11 is 0. The Bertz CT molecular complexity index is 386. The molecule has 2 rings (SSSR count). The predicted octanol–water partition coefficient (Wildman–Crippen LogP) is 3.60. The molecule has 112 valence electrons. The zero-order valence-electron chi connectivity index (χ0n) is 12.7. The summed E-state index contributed by atoms with van der Waals surface area (Å²) in [6.07, 6.45) is 5.29. The van der Waals surface area contributed by atoms with E-state index in [1.54, 1.807) is 12.1 Å². The van der Waals surface area contributed by atoms with Crippen LogP contribution >= 0.6 is 0 Å². The summed E-state index contributed by atoms with van der Waals surface area (Å²) in [7, 11) is 2.21. The first-order valence-corrected chi connectivity index (χ1v) is 7.86. The van der Waals surface area contributed by atoms with Crippen LogP contribution in [0.1, 0.15) is 44.2 Å². The highest BCUT2D eigenvalue weighted by Gasteiger charge is 2.19. The molecule has 1 saturated carbocycles. The van der Waals surface area contributed by atoms with E-state index < -0.39 is 0 Å². The summed E-state index contributed by atoms with van der Waals surface area (Å²) < 4.78 is 13.0. The van der Waals surface area contributed by atoms with Gasteiger partial charge in [-0.1, -0.05) is 25.5 Å². The van der Waals surface area contributed by atoms with Crippen LogP contribution in [0.5, 0.6) is 0 Å². The second-order valence-corrected chi connectivity index (χ2v) is 6.01. The summed E-state index contributed by atoms with van der Waals surface area (Å²) in [4.78, 5) is 2.44. The molecule has 0 aromatic heterocycles. The van der Waals surface area contributed by atoms with Crippen LogP contribution in [0.3, 0.4) is 0 Å². The topological polar surface area (TPSA) is 15.3 Å². The Kier molecular flexibility index (Phi) is 5.99. The SMILES string of the molecule is CCNC(CCN(C)CC1CCC1)c1ccc(F)cc1. The molecule has 3 heteroatoms. The third kappa shape index (κ3) is 4.57. The van der Waals surface area contributed by atoms with Gasteiger partial charge in [-0.05, 0) is 63.0 Å². The highest BCUT2D eigenvalue weighted by Crippen LogP contribution is 2.27. The molecule has 1 atom stereocenters. The van der Waals surface area contributed by atoms with Crippen molar-refractivity contribution < 1.29 is 4.39 Å². The molecule has 0 saturated heterocycles. The van der Waals surface area contributed by atoms with E-state index in [0.29, 0.717) is 6.04 Å². The van der Waals surface area contributed by atoms with E-state index in [4.69, 9.17) is 0 Å². The minimum Gasteiger partial charge on any atom is -0.310 e. The van der Waals surface area contributed by atoms with Gasteiger partial charge in [0.1, 0.15) is 5.82 Å². The van der Waals surface area contributed by atoms with Crippen LogP contribution in [0.25, 0.3) is 0 Å². The summed E-state index contributed by atoms with van der Waals surface area (Å²) in [5, 5.41) is 3.51. The molecular weight excluding hydrogens is 251 g/mol. The van der Waals surface area contributed by atoms with Gasteiger partial charge < -0.3 is 10.2 Å². The van der Waals surface area contributed by atoms with Crippen LogP contribution in [0, 0.1) is 11.7 Å². The average Bonchev–Trinajstić information content (AvgIpc) is 2.40. The van der Waals surface area contributed by atoms with Gasteiger partial charge >= 0.3 is 0 Å². The van der Waals surface area contributed by atoms with Crippen LogP contribution < -0.4 is 5.32 Å². The van der Waals surface area contributed by atoms with Gasteiger partial charge in [-0.15, -0.1) is 0 Å². The summed E-state index contributed by atoms with van der Waals surface area (Å²) in [5.41, 5.74) is 1.19. The van der Waals surface area contributed by atoms with E-state index in [1.165, 1.54) is 31.4 Å². The van der Waals surface area contributed by atoms with Crippen molar-refractivity contribution in [2.45, 2.75) is 38.6 Å². The van der Waals surface area contributed by atoms with Crippen molar-refractivity contribution >= 4 is 0 Å². The summed E-state index contributed by atoms with van der Waals surface area (Å²) in [6.45, 7) is 5.37. The molecule has 1 aliphatic carbocycles. The molecule has 1 aromatic rings. The molecule has 0 radical (unpaired) electrons. The number of hydrogen-bond donors (Lipinski definition) is 1. The Morgan fingerprint density at radius 2 is 2.00 bits per heavy atom. The van der Waals surface area contributed by atoms with E-state index in [-0.39, 0.29) is 5.82 Å². The monoisotopic (exact) mass is 278 g/mol. The summed E-state index contributed by atoms with van der Waals surface area (Å²) in [5.74, 6) is 0.759. The minimum atomic E-state index is -0.161. The standard InChI is InChI=1S/C17H27FN2/c1-3-19-17(15-7-9-16(18)10-8-15)11-12-20(2)13-14-5-4-6-14/h7-10,14,17,19H,3-6,11-13H2,1-2H3. The normalized spacial score (nSPS) is 17.2. The molecular formula is C17H27FN2. The van der Waals surface area contributed by atoms with Crippen LogP contribution in [0.4, 0.5) is 4.39 Å². The number of nitrogens with zero attached hydrogens (tertiary/aromatic N) is 1. The van der Waals surface area contributed by atoms with Gasteiger partial charge in [0, 0.05) is 12.6 Å². The molecule has 1 fully saturated rings. The molecule has 0 heterocycles. The largest absolute Gasteiger partial charge is 0.310 e. The lowest BCUT2D eigenvalue weighted by Gasteiger charge is -2.31. The maximum Gasteiger partial charge on any atom is 0.123 e. The first-order valence-electron chi connectivity index (χ1n) is 7.86. The van der Waals surface area contributed by atoms with Gasteiger partial charge in [-0.2, -0.15) is 0 Å². The van der Waals surface area contributed by atoms with E-state index >= 15 is 0 Å². The van der Waals surface area contributed by atoms with E-state index in [2.05, 4.69) is 24.2 Å². The number of halogens is 1. The predicted molar refractivity (Wildman–Crippen MR) is 82.3 cm³/mol. The minimum absolute atomic E-state index is 0.161. The maximum atomic E-state index is 13.0. The van der Waals surface area contributed by atoms with Crippen molar-refractivity contribution in [1.82, 2.24) is 10.2 Å². The highest BCUT2D eigenvalue weighted by atomic mass is 19.1. The van der Waals surface area contributed by atoms with Crippen LogP contribution in [-0.4, -0.2) is 31.6 Å². The van der Waals surface area contributed by atoms with Gasteiger partial charge in [-0.25, -0.2) is 4.39 Å². The summed E-state index contributed by atoms with van der Waals surface area (Å²) in [6, 6.07) is 7.23. The second-order valence-electron chi connectivity index (χ2n) is 6.01. The lowest BCUT2D eigenvalue weighted by Crippen LogP contribution is -2.32. The Morgan fingerprint density at radius 1 is 1.30 bits per heavy atom. The van der Waals surface area contributed by atoms with E-state index in [9.17, 15) is 4.39 Å². The van der Waals surface area contributed by atoms with E-state index in [0.717, 1.165) is 25.4 Å². The van der Waals surface area contributed by atoms with Gasteiger partial charge in [0.2, 0.25) is 0 Å². The van der Waals surface area contributed by atoms with Crippen LogP contribution in [-0.2, 0) is 0 Å². The fourth-order valence-electron chi connectivity index (χ4n) is 2.88. The molecule has 20 heavy (non-hydrogen) atoms. The number of hydrogen-bond acceptors (Lipinski definition) is 2. The second kappa shape index (κ2) is 7.75. The zero-order chi connectivity index (χ0) is 14.4. The Hall–Kier alpha value is -0.930. The Morgan fingerprint density at radius 3 is 2.55 bits per heavy atom. The van der Waals surface area contributed by atoms with Crippen LogP contribution in [0.15, 0.2) is 24.3 Å². The van der Waals surface area contributed by atoms with Crippen LogP contribution in [0.2, 0.25) is 0 Å². The van der Waals surface area contributed by atoms with Gasteiger partial charge in [0.05, 0.1) is 0 Å². The third-order valence-electron chi connectivity index (χ3n) is 4.32. The number of nitrogens with one attached hydrogen (secondary N) is 1. The third-order valence-corrected chi connectivity index (χ3v) is 4.32. The molecule has 0 spiro atoms. The molecule has 1 aliphatic rings. The lowest BCUT2D eigenvalue weighted by molar-refractivity contribution is 0.199. The molecule has 1 N–H and O–H groups in total. The van der Waals surface area contributed by atoms with E-state index in [1.807, 2.05) is 12.1 Å². The maximum absolute atomic E-state index is 13.0. The zero-order valence-corrected chi connectivity index (χ0v) is 12.7. The van der Waals surface area contributed by atoms with Crippen molar-refractivity contribution in [3.05, 3.63) is 35.6 Å². The van der Waals surface area contributed by atoms with Gasteiger partial charge in [-0.3, -0.25) is 0 Å². The van der Waals surface area contributed by atoms with Crippen molar-refractivity contribution in [3.8, 4) is 0 Å². The van der Waals surface area contributed by atoms with Gasteiger partial charge in [0.25, 0.3) is 0 Å². The average molecular weight is 278 g/mol. The fourth-order valence-corrected chi connectivity index (χ4v) is 2.88. The highest BCUT2D eigenvalue weighted by molar-refractivity contribution is 5.19. The molecule has 0 aliphatic heterocycles. The molecule has 1 aromatic carbocycles. The first-order chi connectivity index (χ1) is 9.69. The fraction of sp³-hybridized carbons (Fsp3) is 0.647. The smallest absolute Gasteiger partial charge is 0.123 e. The molecule has 0 amide bonds. The number of rotatable bonds is 8. The number of benzene rings is 1. The lowest BCUT2D eigenvalue weighted by atomic mass is 9.85. The van der Waals surface area contributed by atoms with Gasteiger partial charge in [0.15, 0.2) is 0 Å². The molecule has 0 bridgehead atoms. The Labute approximate surface area is 122 Å². The molecule has 1 unspecified atom stereocenters. The van der Waals surface area contributed by atoms with Crippen molar-refractivity contribution in [3.63, 3.8) is 0 Å². The van der Waals surface area contributed by atoms with Crippen molar-refractivity contribution in [1.29, 1.82) is 0 Å². The Balaban J connectivity index is 1.83. The first kappa shape index (κ1) is 15.5. The quantitative estimate of drug-likeness (QED) is 0.781. The van der Waals surface area contributed by atoms with Crippen molar-refractivity contribution in [2.75, 3.05) is 26.7 Å².